The van der Waals surface area contributed by atoms with Gasteiger partial charge in [0.05, 0.1) is 18.7 Å². The van der Waals surface area contributed by atoms with Crippen LogP contribution in [0.3, 0.4) is 0 Å². The summed E-state index contributed by atoms with van der Waals surface area (Å²) in [5.74, 6) is -0.114. The topological polar surface area (TPSA) is 83.0 Å². The molecule has 2 aromatic rings. The van der Waals surface area contributed by atoms with Gasteiger partial charge in [-0.2, -0.15) is 5.10 Å². The number of hydrazone groups is 1. The highest BCUT2D eigenvalue weighted by Gasteiger charge is 2.08. The number of rotatable bonds is 10. The molecule has 0 aliphatic rings. The number of nitrogens with zero attached hydrogens (tertiary/aromatic N) is 1. The van der Waals surface area contributed by atoms with Gasteiger partial charge in [-0.1, -0.05) is 30.3 Å². The van der Waals surface area contributed by atoms with Crippen LogP contribution in [0.1, 0.15) is 30.9 Å². The summed E-state index contributed by atoms with van der Waals surface area (Å²) >= 11 is 5.26. The summed E-state index contributed by atoms with van der Waals surface area (Å²) in [6.07, 6.45) is 1.13. The van der Waals surface area contributed by atoms with E-state index in [1.165, 1.54) is 5.56 Å². The predicted octanol–water partition coefficient (Wildman–Crippen LogP) is 3.36. The lowest BCUT2D eigenvalue weighted by molar-refractivity contribution is -0.136. The van der Waals surface area contributed by atoms with E-state index in [0.29, 0.717) is 30.4 Å². The lowest BCUT2D eigenvalue weighted by atomic mass is 10.1. The third kappa shape index (κ3) is 7.75. The molecule has 0 bridgehead atoms. The maximum atomic E-state index is 11.0. The molecule has 0 fully saturated rings. The molecular formula is C21H25N3O3S. The minimum absolute atomic E-state index is 0.0120. The first-order valence-electron chi connectivity index (χ1n) is 9.18. The molecule has 0 saturated carbocycles. The van der Waals surface area contributed by atoms with E-state index in [9.17, 15) is 4.79 Å². The van der Waals surface area contributed by atoms with Crippen LogP contribution >= 0.6 is 12.2 Å². The molecule has 7 heteroatoms. The van der Waals surface area contributed by atoms with Gasteiger partial charge in [-0.25, -0.2) is 0 Å². The maximum Gasteiger partial charge on any atom is 0.303 e. The number of hydrogen-bond acceptors (Lipinski definition) is 4. The molecule has 2 rings (SSSR count). The lowest BCUT2D eigenvalue weighted by Crippen LogP contribution is -2.34. The highest BCUT2D eigenvalue weighted by Crippen LogP contribution is 2.14. The first-order valence-corrected chi connectivity index (χ1v) is 9.58. The standard InChI is InChI=1S/C21H25N3O3S/c1-2-27-18-10-8-17(9-11-18)19(12-13-20(25)26)23-24-21(28)22-15-14-16-6-4-3-5-7-16/h3-11H,2,12-15H2,1H3,(H,25,26)(H2,22,24,28)/b23-19-. The molecule has 0 unspecified atom stereocenters. The zero-order valence-electron chi connectivity index (χ0n) is 15.9. The second kappa shape index (κ2) is 11.7. The Morgan fingerprint density at radius 1 is 1.11 bits per heavy atom. The molecule has 0 atom stereocenters. The van der Waals surface area contributed by atoms with Crippen LogP contribution in [0.15, 0.2) is 59.7 Å². The van der Waals surface area contributed by atoms with Crippen LogP contribution in [0.4, 0.5) is 0 Å². The molecule has 0 amide bonds. The van der Waals surface area contributed by atoms with E-state index in [1.54, 1.807) is 0 Å². The van der Waals surface area contributed by atoms with Crippen molar-refractivity contribution < 1.29 is 14.6 Å². The fraction of sp³-hybridized carbons (Fsp3) is 0.286. The highest BCUT2D eigenvalue weighted by molar-refractivity contribution is 7.80. The quantitative estimate of drug-likeness (QED) is 0.323. The summed E-state index contributed by atoms with van der Waals surface area (Å²) in [6.45, 7) is 3.19. The van der Waals surface area contributed by atoms with Crippen molar-refractivity contribution in [2.75, 3.05) is 13.2 Å². The fourth-order valence-corrected chi connectivity index (χ4v) is 2.67. The fourth-order valence-electron chi connectivity index (χ4n) is 2.52. The number of benzene rings is 2. The molecule has 0 saturated heterocycles. The van der Waals surface area contributed by atoms with Crippen LogP contribution in [-0.4, -0.2) is 35.1 Å². The molecule has 0 radical (unpaired) electrons. The number of carboxylic acids is 1. The summed E-state index contributed by atoms with van der Waals surface area (Å²) < 4.78 is 5.44. The van der Waals surface area contributed by atoms with Gasteiger partial charge in [-0.05, 0) is 61.0 Å². The summed E-state index contributed by atoms with van der Waals surface area (Å²) in [4.78, 5) is 11.0. The molecule has 2 aromatic carbocycles. The monoisotopic (exact) mass is 399 g/mol. The van der Waals surface area contributed by atoms with Crippen LogP contribution < -0.4 is 15.5 Å². The summed E-state index contributed by atoms with van der Waals surface area (Å²) in [5, 5.41) is 16.8. The number of hydrogen-bond donors (Lipinski definition) is 3. The molecule has 0 spiro atoms. The number of carbonyl (C=O) groups is 1. The second-order valence-electron chi connectivity index (χ2n) is 6.01. The summed E-state index contributed by atoms with van der Waals surface area (Å²) in [6, 6.07) is 17.5. The van der Waals surface area contributed by atoms with Gasteiger partial charge in [0.1, 0.15) is 5.75 Å². The third-order valence-electron chi connectivity index (χ3n) is 3.91. The summed E-state index contributed by atoms with van der Waals surface area (Å²) in [7, 11) is 0. The zero-order chi connectivity index (χ0) is 20.2. The molecule has 0 heterocycles. The van der Waals surface area contributed by atoms with Crippen molar-refractivity contribution in [1.29, 1.82) is 0 Å². The number of thiocarbonyl (C=S) groups is 1. The Labute approximate surface area is 170 Å². The van der Waals surface area contributed by atoms with Crippen molar-refractivity contribution in [1.82, 2.24) is 10.7 Å². The van der Waals surface area contributed by atoms with E-state index in [2.05, 4.69) is 28.0 Å². The van der Waals surface area contributed by atoms with E-state index < -0.39 is 5.97 Å². The van der Waals surface area contributed by atoms with Crippen molar-refractivity contribution >= 4 is 29.0 Å². The van der Waals surface area contributed by atoms with Gasteiger partial charge in [0, 0.05) is 13.0 Å². The van der Waals surface area contributed by atoms with Crippen LogP contribution in [0.5, 0.6) is 5.75 Å². The number of ether oxygens (including phenoxy) is 1. The van der Waals surface area contributed by atoms with Gasteiger partial charge in [0.15, 0.2) is 5.11 Å². The van der Waals surface area contributed by atoms with E-state index in [4.69, 9.17) is 22.1 Å². The molecule has 3 N–H and O–H groups in total. The van der Waals surface area contributed by atoms with E-state index in [-0.39, 0.29) is 6.42 Å². The Morgan fingerprint density at radius 3 is 2.46 bits per heavy atom. The van der Waals surface area contributed by atoms with Gasteiger partial charge < -0.3 is 15.2 Å². The van der Waals surface area contributed by atoms with Crippen molar-refractivity contribution in [2.45, 2.75) is 26.2 Å². The minimum Gasteiger partial charge on any atom is -0.494 e. The Kier molecular flexibility index (Phi) is 8.94. The van der Waals surface area contributed by atoms with Crippen LogP contribution in [0.2, 0.25) is 0 Å². The van der Waals surface area contributed by atoms with Gasteiger partial charge in [-0.3, -0.25) is 10.2 Å². The SMILES string of the molecule is CCOc1ccc(/C(CCC(=O)O)=N\NC(=S)NCCc2ccccc2)cc1. The normalized spacial score (nSPS) is 11.0. The molecule has 28 heavy (non-hydrogen) atoms. The minimum atomic E-state index is -0.873. The van der Waals surface area contributed by atoms with E-state index in [1.807, 2.05) is 49.4 Å². The predicted molar refractivity (Wildman–Crippen MR) is 115 cm³/mol. The third-order valence-corrected chi connectivity index (χ3v) is 4.14. The highest BCUT2D eigenvalue weighted by atomic mass is 32.1. The second-order valence-corrected chi connectivity index (χ2v) is 6.42. The van der Waals surface area contributed by atoms with Gasteiger partial charge in [0.25, 0.3) is 0 Å². The van der Waals surface area contributed by atoms with Crippen LogP contribution in [0, 0.1) is 0 Å². The smallest absolute Gasteiger partial charge is 0.303 e. The largest absolute Gasteiger partial charge is 0.494 e. The molecule has 0 aliphatic carbocycles. The van der Waals surface area contributed by atoms with Crippen molar-refractivity contribution in [3.8, 4) is 5.75 Å². The Hall–Kier alpha value is -2.93. The van der Waals surface area contributed by atoms with Crippen LogP contribution in [0.25, 0.3) is 0 Å². The number of aliphatic carboxylic acids is 1. The first kappa shape index (κ1) is 21.4. The molecule has 148 valence electrons. The van der Waals surface area contributed by atoms with Gasteiger partial charge in [0.2, 0.25) is 0 Å². The van der Waals surface area contributed by atoms with Crippen molar-refractivity contribution in [3.63, 3.8) is 0 Å². The van der Waals surface area contributed by atoms with Crippen molar-refractivity contribution in [3.05, 3.63) is 65.7 Å². The zero-order valence-corrected chi connectivity index (χ0v) is 16.7. The number of carboxylic acid groups (broad SMARTS) is 1. The number of nitrogens with one attached hydrogen (secondary N) is 2. The molecule has 0 aliphatic heterocycles. The Balaban J connectivity index is 1.94. The summed E-state index contributed by atoms with van der Waals surface area (Å²) in [5.41, 5.74) is 5.48. The molecule has 0 aromatic heterocycles. The maximum absolute atomic E-state index is 11.0. The molecular weight excluding hydrogens is 374 g/mol. The van der Waals surface area contributed by atoms with E-state index >= 15 is 0 Å². The lowest BCUT2D eigenvalue weighted by Gasteiger charge is -2.10. The average Bonchev–Trinajstić information content (AvgIpc) is 2.70. The average molecular weight is 400 g/mol. The van der Waals surface area contributed by atoms with Gasteiger partial charge >= 0.3 is 5.97 Å². The first-order chi connectivity index (χ1) is 13.6. The van der Waals surface area contributed by atoms with E-state index in [0.717, 1.165) is 17.7 Å². The molecule has 6 nitrogen and oxygen atoms in total. The van der Waals surface area contributed by atoms with Gasteiger partial charge in [-0.15, -0.1) is 0 Å². The van der Waals surface area contributed by atoms with Crippen LogP contribution in [-0.2, 0) is 11.2 Å². The Morgan fingerprint density at radius 2 is 1.82 bits per heavy atom. The Bertz CT molecular complexity index is 792. The van der Waals surface area contributed by atoms with Crippen molar-refractivity contribution in [2.24, 2.45) is 5.10 Å².